The molecule has 2 aromatic carbocycles. The standard InChI is InChI=1S/C22H20ClF2NO2S/c1-13-12-20(21(27)15(3)29-19-10-4-16(23)5-11-19)14(2)26(13)17-6-8-18(9-7-17)28-22(24)25/h4-12,15,22H,1-3H3/t15-/m1/s1. The number of carbonyl (C=O) groups excluding carboxylic acids is 1. The maximum atomic E-state index is 13.0. The fraction of sp³-hybridized carbons (Fsp3) is 0.227. The van der Waals surface area contributed by atoms with Gasteiger partial charge in [-0.1, -0.05) is 11.6 Å². The molecule has 1 atom stereocenters. The minimum atomic E-state index is -2.86. The summed E-state index contributed by atoms with van der Waals surface area (Å²) >= 11 is 7.39. The molecular formula is C22H20ClF2NO2S. The van der Waals surface area contributed by atoms with Crippen molar-refractivity contribution in [2.24, 2.45) is 0 Å². The van der Waals surface area contributed by atoms with Gasteiger partial charge in [0.25, 0.3) is 0 Å². The average Bonchev–Trinajstić information content (AvgIpc) is 2.97. The molecule has 0 saturated carbocycles. The van der Waals surface area contributed by atoms with Crippen LogP contribution in [-0.4, -0.2) is 22.2 Å². The molecule has 0 fully saturated rings. The Morgan fingerprint density at radius 2 is 1.69 bits per heavy atom. The van der Waals surface area contributed by atoms with E-state index in [4.69, 9.17) is 11.6 Å². The van der Waals surface area contributed by atoms with E-state index in [1.54, 1.807) is 24.3 Å². The van der Waals surface area contributed by atoms with Gasteiger partial charge in [0.2, 0.25) is 0 Å². The normalized spacial score (nSPS) is 12.2. The number of hydrogen-bond acceptors (Lipinski definition) is 3. The summed E-state index contributed by atoms with van der Waals surface area (Å²) in [4.78, 5) is 14.0. The summed E-state index contributed by atoms with van der Waals surface area (Å²) in [5, 5.41) is 0.383. The zero-order chi connectivity index (χ0) is 21.1. The van der Waals surface area contributed by atoms with Crippen molar-refractivity contribution in [2.45, 2.75) is 37.5 Å². The highest BCUT2D eigenvalue weighted by molar-refractivity contribution is 8.00. The van der Waals surface area contributed by atoms with Gasteiger partial charge in [-0.3, -0.25) is 4.79 Å². The average molecular weight is 436 g/mol. The monoisotopic (exact) mass is 435 g/mol. The Morgan fingerprint density at radius 3 is 2.28 bits per heavy atom. The SMILES string of the molecule is Cc1cc(C(=O)[C@@H](C)Sc2ccc(Cl)cc2)c(C)n1-c1ccc(OC(F)F)cc1. The molecule has 0 N–H and O–H groups in total. The first-order valence-electron chi connectivity index (χ1n) is 8.97. The van der Waals surface area contributed by atoms with Crippen molar-refractivity contribution in [3.8, 4) is 11.4 Å². The first-order valence-corrected chi connectivity index (χ1v) is 10.2. The minimum Gasteiger partial charge on any atom is -0.435 e. The number of carbonyl (C=O) groups is 1. The molecular weight excluding hydrogens is 416 g/mol. The quantitative estimate of drug-likeness (QED) is 0.305. The molecule has 29 heavy (non-hydrogen) atoms. The maximum Gasteiger partial charge on any atom is 0.387 e. The van der Waals surface area contributed by atoms with Gasteiger partial charge in [0, 0.05) is 32.6 Å². The van der Waals surface area contributed by atoms with Crippen LogP contribution in [0.5, 0.6) is 5.75 Å². The lowest BCUT2D eigenvalue weighted by atomic mass is 10.1. The fourth-order valence-electron chi connectivity index (χ4n) is 3.18. The van der Waals surface area contributed by atoms with E-state index >= 15 is 0 Å². The predicted octanol–water partition coefficient (Wildman–Crippen LogP) is 6.71. The number of aromatic nitrogens is 1. The number of rotatable bonds is 7. The van der Waals surface area contributed by atoms with Crippen LogP contribution in [0.15, 0.2) is 59.5 Å². The number of alkyl halides is 2. The second-order valence-electron chi connectivity index (χ2n) is 6.57. The largest absolute Gasteiger partial charge is 0.435 e. The fourth-order valence-corrected chi connectivity index (χ4v) is 4.24. The van der Waals surface area contributed by atoms with E-state index in [1.165, 1.54) is 23.9 Å². The van der Waals surface area contributed by atoms with Crippen LogP contribution in [0.3, 0.4) is 0 Å². The van der Waals surface area contributed by atoms with E-state index in [-0.39, 0.29) is 16.8 Å². The van der Waals surface area contributed by atoms with Gasteiger partial charge in [-0.25, -0.2) is 0 Å². The molecule has 0 radical (unpaired) electrons. The van der Waals surface area contributed by atoms with E-state index in [0.717, 1.165) is 22.0 Å². The third-order valence-electron chi connectivity index (χ3n) is 4.51. The van der Waals surface area contributed by atoms with Crippen molar-refractivity contribution in [3.05, 3.63) is 76.6 Å². The molecule has 0 aliphatic heterocycles. The van der Waals surface area contributed by atoms with Gasteiger partial charge in [0.05, 0.1) is 5.25 Å². The lowest BCUT2D eigenvalue weighted by Gasteiger charge is -2.13. The summed E-state index contributed by atoms with van der Waals surface area (Å²) in [7, 11) is 0. The molecule has 1 aromatic heterocycles. The van der Waals surface area contributed by atoms with Gasteiger partial charge in [-0.05, 0) is 75.4 Å². The summed E-state index contributed by atoms with van der Waals surface area (Å²) in [6, 6.07) is 15.6. The van der Waals surface area contributed by atoms with Crippen LogP contribution in [0.2, 0.25) is 5.02 Å². The molecule has 0 spiro atoms. The Balaban J connectivity index is 1.82. The van der Waals surface area contributed by atoms with Crippen molar-refractivity contribution < 1.29 is 18.3 Å². The Hall–Kier alpha value is -2.31. The lowest BCUT2D eigenvalue weighted by molar-refractivity contribution is -0.0498. The van der Waals surface area contributed by atoms with E-state index in [2.05, 4.69) is 4.74 Å². The minimum absolute atomic E-state index is 0.0296. The van der Waals surface area contributed by atoms with E-state index < -0.39 is 6.61 Å². The number of thioether (sulfide) groups is 1. The zero-order valence-electron chi connectivity index (χ0n) is 16.2. The molecule has 0 aliphatic carbocycles. The Labute approximate surface area is 177 Å². The summed E-state index contributed by atoms with van der Waals surface area (Å²) in [5.74, 6) is 0.123. The number of aryl methyl sites for hydroxylation is 1. The molecule has 3 rings (SSSR count). The third kappa shape index (κ3) is 5.00. The lowest BCUT2D eigenvalue weighted by Crippen LogP contribution is -2.14. The molecule has 152 valence electrons. The van der Waals surface area contributed by atoms with Gasteiger partial charge in [-0.15, -0.1) is 11.8 Å². The molecule has 0 unspecified atom stereocenters. The van der Waals surface area contributed by atoms with Crippen LogP contribution in [0.25, 0.3) is 5.69 Å². The topological polar surface area (TPSA) is 31.2 Å². The first kappa shape index (κ1) is 21.4. The van der Waals surface area contributed by atoms with E-state index in [0.29, 0.717) is 10.6 Å². The van der Waals surface area contributed by atoms with Gasteiger partial charge >= 0.3 is 6.61 Å². The van der Waals surface area contributed by atoms with Crippen LogP contribution >= 0.6 is 23.4 Å². The smallest absolute Gasteiger partial charge is 0.387 e. The van der Waals surface area contributed by atoms with Gasteiger partial charge in [0.1, 0.15) is 5.75 Å². The van der Waals surface area contributed by atoms with Gasteiger partial charge in [0.15, 0.2) is 5.78 Å². The second kappa shape index (κ2) is 9.01. The van der Waals surface area contributed by atoms with Crippen molar-refractivity contribution in [3.63, 3.8) is 0 Å². The maximum absolute atomic E-state index is 13.0. The van der Waals surface area contributed by atoms with Crippen molar-refractivity contribution >= 4 is 29.1 Å². The number of halogens is 3. The number of benzene rings is 2. The number of ketones is 1. The molecule has 0 amide bonds. The summed E-state index contributed by atoms with van der Waals surface area (Å²) in [5.41, 5.74) is 3.11. The van der Waals surface area contributed by atoms with Crippen molar-refractivity contribution in [2.75, 3.05) is 0 Å². The molecule has 1 heterocycles. The summed E-state index contributed by atoms with van der Waals surface area (Å²) in [6.07, 6.45) is 0. The Kier molecular flexibility index (Phi) is 6.65. The zero-order valence-corrected chi connectivity index (χ0v) is 17.7. The number of ether oxygens (including phenoxy) is 1. The highest BCUT2D eigenvalue weighted by atomic mass is 35.5. The summed E-state index contributed by atoms with van der Waals surface area (Å²) < 4.78 is 31.0. The van der Waals surface area contributed by atoms with Crippen LogP contribution in [0, 0.1) is 13.8 Å². The molecule has 0 bridgehead atoms. The van der Waals surface area contributed by atoms with Crippen LogP contribution < -0.4 is 4.74 Å². The predicted molar refractivity (Wildman–Crippen MR) is 113 cm³/mol. The second-order valence-corrected chi connectivity index (χ2v) is 8.42. The number of Topliss-reactive ketones (excluding diaryl/α,β-unsaturated/α-hetero) is 1. The number of hydrogen-bond donors (Lipinski definition) is 0. The van der Waals surface area contributed by atoms with Gasteiger partial charge < -0.3 is 9.30 Å². The first-order chi connectivity index (χ1) is 13.8. The van der Waals surface area contributed by atoms with Gasteiger partial charge in [-0.2, -0.15) is 8.78 Å². The third-order valence-corrected chi connectivity index (χ3v) is 5.88. The molecule has 0 saturated heterocycles. The highest BCUT2D eigenvalue weighted by Gasteiger charge is 2.22. The molecule has 0 aliphatic rings. The van der Waals surface area contributed by atoms with Crippen LogP contribution in [0.1, 0.15) is 28.7 Å². The van der Waals surface area contributed by atoms with E-state index in [9.17, 15) is 13.6 Å². The Morgan fingerprint density at radius 1 is 1.07 bits per heavy atom. The van der Waals surface area contributed by atoms with Crippen LogP contribution in [0.4, 0.5) is 8.78 Å². The van der Waals surface area contributed by atoms with E-state index in [1.807, 2.05) is 43.5 Å². The highest BCUT2D eigenvalue weighted by Crippen LogP contribution is 2.30. The van der Waals surface area contributed by atoms with Crippen molar-refractivity contribution in [1.29, 1.82) is 0 Å². The number of nitrogens with zero attached hydrogens (tertiary/aromatic N) is 1. The van der Waals surface area contributed by atoms with Crippen molar-refractivity contribution in [1.82, 2.24) is 4.57 Å². The molecule has 7 heteroatoms. The molecule has 3 nitrogen and oxygen atoms in total. The summed E-state index contributed by atoms with van der Waals surface area (Å²) in [6.45, 7) is 2.80. The Bertz CT molecular complexity index is 1000. The van der Waals surface area contributed by atoms with Crippen LogP contribution in [-0.2, 0) is 0 Å². The molecule has 3 aromatic rings.